The van der Waals surface area contributed by atoms with E-state index in [0.29, 0.717) is 25.6 Å². The van der Waals surface area contributed by atoms with Crippen molar-refractivity contribution in [3.8, 4) is 5.75 Å². The van der Waals surface area contributed by atoms with Crippen LogP contribution >= 0.6 is 0 Å². The van der Waals surface area contributed by atoms with Crippen molar-refractivity contribution in [1.29, 1.82) is 0 Å². The van der Waals surface area contributed by atoms with Crippen LogP contribution in [0.2, 0.25) is 0 Å². The quantitative estimate of drug-likeness (QED) is 0.836. The van der Waals surface area contributed by atoms with Gasteiger partial charge in [-0.3, -0.25) is 9.59 Å². The first-order chi connectivity index (χ1) is 12.6. The molecule has 0 bridgehead atoms. The zero-order chi connectivity index (χ0) is 18.3. The summed E-state index contributed by atoms with van der Waals surface area (Å²) in [6.07, 6.45) is 6.86. The third-order valence-corrected chi connectivity index (χ3v) is 6.32. The van der Waals surface area contributed by atoms with E-state index in [2.05, 4.69) is 13.0 Å². The number of ether oxygens (including phenoxy) is 1. The van der Waals surface area contributed by atoms with E-state index in [0.717, 1.165) is 37.1 Å². The molecule has 0 aromatic heterocycles. The second-order valence-electron chi connectivity index (χ2n) is 7.89. The second kappa shape index (κ2) is 6.93. The molecule has 0 N–H and O–H groups in total. The Hall–Kier alpha value is -2.04. The lowest BCUT2D eigenvalue weighted by molar-refractivity contribution is -0.130. The van der Waals surface area contributed by atoms with Gasteiger partial charge in [-0.05, 0) is 49.8 Å². The molecule has 1 saturated carbocycles. The smallest absolute Gasteiger partial charge is 0.232 e. The van der Waals surface area contributed by atoms with Gasteiger partial charge in [-0.2, -0.15) is 0 Å². The molecule has 1 saturated heterocycles. The molecular weight excluding hydrogens is 328 g/mol. The number of fused-ring (bicyclic) bond motifs is 1. The number of hydrogen-bond acceptors (Lipinski definition) is 3. The van der Waals surface area contributed by atoms with E-state index in [9.17, 15) is 9.59 Å². The summed E-state index contributed by atoms with van der Waals surface area (Å²) in [7, 11) is 1.66. The highest BCUT2D eigenvalue weighted by molar-refractivity contribution is 6.01. The number of rotatable bonds is 3. The minimum absolute atomic E-state index is 0.0868. The van der Waals surface area contributed by atoms with Crippen molar-refractivity contribution in [2.24, 2.45) is 5.92 Å². The highest BCUT2D eigenvalue weighted by Crippen LogP contribution is 2.40. The number of methoxy groups -OCH3 is 1. The predicted molar refractivity (Wildman–Crippen MR) is 100 cm³/mol. The van der Waals surface area contributed by atoms with Crippen LogP contribution in [0.5, 0.6) is 5.75 Å². The maximum absolute atomic E-state index is 13.3. The van der Waals surface area contributed by atoms with E-state index in [1.165, 1.54) is 24.0 Å². The van der Waals surface area contributed by atoms with Crippen LogP contribution < -0.4 is 9.64 Å². The van der Waals surface area contributed by atoms with Crippen molar-refractivity contribution in [3.05, 3.63) is 23.3 Å². The number of carbonyl (C=O) groups excluding carboxylic acids is 2. The average Bonchev–Trinajstić information content (AvgIpc) is 3.30. The Morgan fingerprint density at radius 3 is 2.69 bits per heavy atom. The molecule has 0 radical (unpaired) electrons. The number of likely N-dealkylation sites (tertiary alicyclic amines) is 1. The third-order valence-electron chi connectivity index (χ3n) is 6.32. The topological polar surface area (TPSA) is 49.9 Å². The van der Waals surface area contributed by atoms with E-state index in [1.807, 2.05) is 15.9 Å². The molecule has 2 amide bonds. The predicted octanol–water partition coefficient (Wildman–Crippen LogP) is 3.07. The molecular formula is C21H28N2O3. The van der Waals surface area contributed by atoms with Crippen LogP contribution in [-0.4, -0.2) is 43.0 Å². The normalized spacial score (nSPS) is 23.5. The Kier molecular flexibility index (Phi) is 4.63. The molecule has 4 rings (SSSR count). The molecule has 140 valence electrons. The summed E-state index contributed by atoms with van der Waals surface area (Å²) in [4.78, 5) is 29.7. The minimum Gasteiger partial charge on any atom is -0.495 e. The Morgan fingerprint density at radius 1 is 1.19 bits per heavy atom. The summed E-state index contributed by atoms with van der Waals surface area (Å²) >= 11 is 0. The lowest BCUT2D eigenvalue weighted by Gasteiger charge is -2.33. The van der Waals surface area contributed by atoms with Gasteiger partial charge in [0.2, 0.25) is 11.8 Å². The molecule has 3 aliphatic rings. The number of benzene rings is 1. The molecule has 0 spiro atoms. The van der Waals surface area contributed by atoms with Crippen LogP contribution in [0.3, 0.4) is 0 Å². The number of anilines is 1. The Labute approximate surface area is 155 Å². The van der Waals surface area contributed by atoms with Gasteiger partial charge < -0.3 is 14.5 Å². The van der Waals surface area contributed by atoms with Gasteiger partial charge in [-0.15, -0.1) is 0 Å². The van der Waals surface area contributed by atoms with Gasteiger partial charge in [0.1, 0.15) is 5.75 Å². The summed E-state index contributed by atoms with van der Waals surface area (Å²) in [6, 6.07) is 4.36. The standard InChI is InChI=1S/C21H28N2O3/c1-14-9-10-18(26-2)20-17(14)8-5-11-22(20)21(25)15-12-19(24)23(13-15)16-6-3-4-7-16/h9-10,15-16H,3-8,11-13H2,1-2H3. The maximum Gasteiger partial charge on any atom is 0.232 e. The number of amides is 2. The average molecular weight is 356 g/mol. The molecule has 2 aliphatic heterocycles. The molecule has 1 aromatic carbocycles. The Bertz CT molecular complexity index is 724. The van der Waals surface area contributed by atoms with Gasteiger partial charge in [0.25, 0.3) is 0 Å². The SMILES string of the molecule is COc1ccc(C)c2c1N(C(=O)C1CC(=O)N(C3CCCC3)C1)CCC2. The first kappa shape index (κ1) is 17.4. The highest BCUT2D eigenvalue weighted by Gasteiger charge is 2.41. The summed E-state index contributed by atoms with van der Waals surface area (Å²) < 4.78 is 5.56. The Morgan fingerprint density at radius 2 is 1.96 bits per heavy atom. The highest BCUT2D eigenvalue weighted by atomic mass is 16.5. The van der Waals surface area contributed by atoms with Crippen LogP contribution in [-0.2, 0) is 16.0 Å². The summed E-state index contributed by atoms with van der Waals surface area (Å²) in [5.41, 5.74) is 3.34. The fourth-order valence-corrected chi connectivity index (χ4v) is 4.92. The van der Waals surface area contributed by atoms with Gasteiger partial charge >= 0.3 is 0 Å². The number of nitrogens with zero attached hydrogens (tertiary/aromatic N) is 2. The van der Waals surface area contributed by atoms with Crippen LogP contribution in [0.4, 0.5) is 5.69 Å². The van der Waals surface area contributed by atoms with E-state index in [-0.39, 0.29) is 17.7 Å². The second-order valence-corrected chi connectivity index (χ2v) is 7.89. The lowest BCUT2D eigenvalue weighted by Crippen LogP contribution is -2.41. The van der Waals surface area contributed by atoms with E-state index < -0.39 is 0 Å². The van der Waals surface area contributed by atoms with Crippen LogP contribution in [0, 0.1) is 12.8 Å². The molecule has 1 aliphatic carbocycles. The largest absolute Gasteiger partial charge is 0.495 e. The van der Waals surface area contributed by atoms with Crippen molar-refractivity contribution in [3.63, 3.8) is 0 Å². The van der Waals surface area contributed by atoms with Crippen molar-refractivity contribution in [2.75, 3.05) is 25.1 Å². The molecule has 1 atom stereocenters. The molecule has 2 fully saturated rings. The van der Waals surface area contributed by atoms with Gasteiger partial charge in [-0.1, -0.05) is 18.9 Å². The van der Waals surface area contributed by atoms with Crippen molar-refractivity contribution < 1.29 is 14.3 Å². The first-order valence-corrected chi connectivity index (χ1v) is 9.87. The van der Waals surface area contributed by atoms with Crippen LogP contribution in [0.15, 0.2) is 12.1 Å². The molecule has 2 heterocycles. The molecule has 1 unspecified atom stereocenters. The monoisotopic (exact) mass is 356 g/mol. The molecule has 1 aromatic rings. The fraction of sp³-hybridized carbons (Fsp3) is 0.619. The molecule has 5 nitrogen and oxygen atoms in total. The molecule has 26 heavy (non-hydrogen) atoms. The van der Waals surface area contributed by atoms with Gasteiger partial charge in [0.15, 0.2) is 0 Å². The van der Waals surface area contributed by atoms with E-state index in [1.54, 1.807) is 7.11 Å². The van der Waals surface area contributed by atoms with Crippen LogP contribution in [0.1, 0.15) is 49.7 Å². The van der Waals surface area contributed by atoms with Crippen LogP contribution in [0.25, 0.3) is 0 Å². The summed E-state index contributed by atoms with van der Waals surface area (Å²) in [5.74, 6) is 0.780. The number of carbonyl (C=O) groups is 2. The summed E-state index contributed by atoms with van der Waals surface area (Å²) in [6.45, 7) is 3.38. The Balaban J connectivity index is 1.59. The van der Waals surface area contributed by atoms with Crippen molar-refractivity contribution in [1.82, 2.24) is 4.90 Å². The summed E-state index contributed by atoms with van der Waals surface area (Å²) in [5, 5.41) is 0. The van der Waals surface area contributed by atoms with E-state index in [4.69, 9.17) is 4.74 Å². The number of aryl methyl sites for hydroxylation is 1. The third kappa shape index (κ3) is 2.87. The lowest BCUT2D eigenvalue weighted by atomic mass is 9.94. The van der Waals surface area contributed by atoms with Gasteiger partial charge in [-0.25, -0.2) is 0 Å². The van der Waals surface area contributed by atoms with E-state index >= 15 is 0 Å². The molecule has 5 heteroatoms. The van der Waals surface area contributed by atoms with Gasteiger partial charge in [0.05, 0.1) is 18.7 Å². The fourth-order valence-electron chi connectivity index (χ4n) is 4.92. The first-order valence-electron chi connectivity index (χ1n) is 9.87. The number of hydrogen-bond donors (Lipinski definition) is 0. The maximum atomic E-state index is 13.3. The van der Waals surface area contributed by atoms with Crippen molar-refractivity contribution in [2.45, 2.75) is 57.9 Å². The van der Waals surface area contributed by atoms with Gasteiger partial charge in [0, 0.05) is 25.6 Å². The van der Waals surface area contributed by atoms with Crippen molar-refractivity contribution >= 4 is 17.5 Å². The minimum atomic E-state index is -0.223. The zero-order valence-electron chi connectivity index (χ0n) is 15.8. The zero-order valence-corrected chi connectivity index (χ0v) is 15.8.